The summed E-state index contributed by atoms with van der Waals surface area (Å²) in [4.78, 5) is 0. The fourth-order valence-electron chi connectivity index (χ4n) is 0.982. The van der Waals surface area contributed by atoms with Gasteiger partial charge in [0.2, 0.25) is 0 Å². The van der Waals surface area contributed by atoms with Crippen LogP contribution in [-0.2, 0) is 0 Å². The number of anilines is 1. The van der Waals surface area contributed by atoms with Crippen LogP contribution in [0.15, 0.2) is 27.1 Å². The summed E-state index contributed by atoms with van der Waals surface area (Å²) in [6.07, 6.45) is 0. The number of halogens is 2. The van der Waals surface area contributed by atoms with Crippen LogP contribution in [0.4, 0.5) is 5.69 Å². The van der Waals surface area contributed by atoms with Crippen LogP contribution in [0, 0.1) is 5.92 Å². The average Bonchev–Trinajstić information content (AvgIpc) is 2.19. The summed E-state index contributed by atoms with van der Waals surface area (Å²) in [7, 11) is 0. The molecule has 4 heteroatoms. The van der Waals surface area contributed by atoms with Crippen LogP contribution in [0.3, 0.4) is 0 Å². The molecule has 1 atom stereocenters. The van der Waals surface area contributed by atoms with Crippen molar-refractivity contribution in [1.29, 1.82) is 0 Å². The van der Waals surface area contributed by atoms with Crippen LogP contribution in [0.25, 0.3) is 0 Å². The molecule has 0 heterocycles. The van der Waals surface area contributed by atoms with E-state index in [1.165, 1.54) is 0 Å². The average molecular weight is 323 g/mol. The fourth-order valence-corrected chi connectivity index (χ4v) is 1.73. The molecular weight excluding hydrogens is 310 g/mol. The Morgan fingerprint density at radius 1 is 1.43 bits per heavy atom. The summed E-state index contributed by atoms with van der Waals surface area (Å²) < 4.78 is 2.07. The summed E-state index contributed by atoms with van der Waals surface area (Å²) in [5, 5.41) is 12.1. The first kappa shape index (κ1) is 12.0. The Hall–Kier alpha value is -0.0600. The van der Waals surface area contributed by atoms with Gasteiger partial charge in [0.25, 0.3) is 0 Å². The number of aliphatic hydroxyl groups is 1. The Bertz CT molecular complexity index is 304. The van der Waals surface area contributed by atoms with Gasteiger partial charge in [-0.2, -0.15) is 0 Å². The summed E-state index contributed by atoms with van der Waals surface area (Å²) in [5.41, 5.74) is 1.04. The number of hydrogen-bond donors (Lipinski definition) is 2. The highest BCUT2D eigenvalue weighted by molar-refractivity contribution is 9.11. The van der Waals surface area contributed by atoms with Gasteiger partial charge >= 0.3 is 0 Å². The highest BCUT2D eigenvalue weighted by atomic mass is 79.9. The highest BCUT2D eigenvalue weighted by Crippen LogP contribution is 2.26. The van der Waals surface area contributed by atoms with Gasteiger partial charge in [-0.1, -0.05) is 22.9 Å². The molecule has 1 aromatic carbocycles. The monoisotopic (exact) mass is 321 g/mol. The minimum absolute atomic E-state index is 0.207. The van der Waals surface area contributed by atoms with E-state index >= 15 is 0 Å². The molecule has 1 aromatic rings. The van der Waals surface area contributed by atoms with Gasteiger partial charge in [-0.15, -0.1) is 0 Å². The van der Waals surface area contributed by atoms with Crippen LogP contribution in [0.5, 0.6) is 0 Å². The first-order valence-electron chi connectivity index (χ1n) is 4.43. The summed E-state index contributed by atoms with van der Waals surface area (Å²) >= 11 is 6.87. The Labute approximate surface area is 101 Å². The van der Waals surface area contributed by atoms with E-state index in [1.54, 1.807) is 0 Å². The SMILES string of the molecule is CC(CO)CNc1cc(Br)ccc1Br. The maximum Gasteiger partial charge on any atom is 0.0496 e. The summed E-state index contributed by atoms with van der Waals surface area (Å²) in [6, 6.07) is 5.97. The largest absolute Gasteiger partial charge is 0.396 e. The second-order valence-electron chi connectivity index (χ2n) is 3.29. The van der Waals surface area contributed by atoms with E-state index in [-0.39, 0.29) is 12.5 Å². The molecule has 1 unspecified atom stereocenters. The number of benzene rings is 1. The van der Waals surface area contributed by atoms with Crippen LogP contribution in [0.1, 0.15) is 6.92 Å². The predicted molar refractivity (Wildman–Crippen MR) is 66.6 cm³/mol. The van der Waals surface area contributed by atoms with Crippen molar-refractivity contribution in [3.8, 4) is 0 Å². The number of nitrogens with one attached hydrogen (secondary N) is 1. The van der Waals surface area contributed by atoms with Crippen molar-refractivity contribution in [1.82, 2.24) is 0 Å². The van der Waals surface area contributed by atoms with E-state index in [4.69, 9.17) is 5.11 Å². The minimum atomic E-state index is 0.207. The predicted octanol–water partition coefficient (Wildman–Crippen LogP) is 3.25. The van der Waals surface area contributed by atoms with Crippen molar-refractivity contribution >= 4 is 37.5 Å². The molecule has 1 rings (SSSR count). The van der Waals surface area contributed by atoms with Gasteiger partial charge in [0.1, 0.15) is 0 Å². The van der Waals surface area contributed by atoms with Crippen molar-refractivity contribution < 1.29 is 5.11 Å². The van der Waals surface area contributed by atoms with E-state index < -0.39 is 0 Å². The first-order valence-corrected chi connectivity index (χ1v) is 6.02. The molecule has 0 spiro atoms. The first-order chi connectivity index (χ1) is 6.63. The molecule has 0 aliphatic rings. The zero-order chi connectivity index (χ0) is 10.6. The van der Waals surface area contributed by atoms with Crippen LogP contribution >= 0.6 is 31.9 Å². The van der Waals surface area contributed by atoms with Gasteiger partial charge in [0.05, 0.1) is 0 Å². The van der Waals surface area contributed by atoms with Gasteiger partial charge in [0, 0.05) is 27.8 Å². The Morgan fingerprint density at radius 3 is 2.79 bits per heavy atom. The third-order valence-electron chi connectivity index (χ3n) is 1.88. The third-order valence-corrected chi connectivity index (χ3v) is 3.07. The molecule has 0 aliphatic heterocycles. The lowest BCUT2D eigenvalue weighted by Crippen LogP contribution is -2.14. The molecule has 0 amide bonds. The standard InChI is InChI=1S/C10H13Br2NO/c1-7(6-14)5-13-10-4-8(11)2-3-9(10)12/h2-4,7,13-14H,5-6H2,1H3. The maximum absolute atomic E-state index is 8.88. The molecule has 0 aliphatic carbocycles. The van der Waals surface area contributed by atoms with E-state index in [0.717, 1.165) is 21.2 Å². The van der Waals surface area contributed by atoms with Gasteiger partial charge in [-0.25, -0.2) is 0 Å². The van der Waals surface area contributed by atoms with Crippen molar-refractivity contribution in [3.63, 3.8) is 0 Å². The zero-order valence-electron chi connectivity index (χ0n) is 7.93. The van der Waals surface area contributed by atoms with Crippen LogP contribution in [-0.4, -0.2) is 18.3 Å². The highest BCUT2D eigenvalue weighted by Gasteiger charge is 2.03. The normalized spacial score (nSPS) is 12.6. The minimum Gasteiger partial charge on any atom is -0.396 e. The van der Waals surface area contributed by atoms with Crippen molar-refractivity contribution in [2.75, 3.05) is 18.5 Å². The van der Waals surface area contributed by atoms with Gasteiger partial charge < -0.3 is 10.4 Å². The van der Waals surface area contributed by atoms with E-state index in [0.29, 0.717) is 0 Å². The lowest BCUT2D eigenvalue weighted by molar-refractivity contribution is 0.244. The van der Waals surface area contributed by atoms with Crippen molar-refractivity contribution in [3.05, 3.63) is 27.1 Å². The quantitative estimate of drug-likeness (QED) is 0.892. The lowest BCUT2D eigenvalue weighted by Gasteiger charge is -2.12. The molecule has 2 N–H and O–H groups in total. The number of rotatable bonds is 4. The molecule has 78 valence electrons. The molecule has 0 fully saturated rings. The van der Waals surface area contributed by atoms with Gasteiger partial charge in [0.15, 0.2) is 0 Å². The smallest absolute Gasteiger partial charge is 0.0496 e. The number of hydrogen-bond acceptors (Lipinski definition) is 2. The van der Waals surface area contributed by atoms with Crippen LogP contribution in [0.2, 0.25) is 0 Å². The van der Waals surface area contributed by atoms with Crippen LogP contribution < -0.4 is 5.32 Å². The molecule has 0 radical (unpaired) electrons. The second kappa shape index (κ2) is 5.73. The Morgan fingerprint density at radius 2 is 2.14 bits per heavy atom. The third kappa shape index (κ3) is 3.59. The molecule has 0 bridgehead atoms. The topological polar surface area (TPSA) is 32.3 Å². The molecule has 2 nitrogen and oxygen atoms in total. The molecule has 0 aromatic heterocycles. The zero-order valence-corrected chi connectivity index (χ0v) is 11.1. The van der Waals surface area contributed by atoms with E-state index in [2.05, 4.69) is 37.2 Å². The molecule has 14 heavy (non-hydrogen) atoms. The summed E-state index contributed by atoms with van der Waals surface area (Å²) in [5.74, 6) is 0.265. The van der Waals surface area contributed by atoms with Gasteiger partial charge in [-0.3, -0.25) is 0 Å². The fraction of sp³-hybridized carbons (Fsp3) is 0.400. The number of aliphatic hydroxyl groups excluding tert-OH is 1. The maximum atomic E-state index is 8.88. The van der Waals surface area contributed by atoms with E-state index in [1.807, 2.05) is 25.1 Å². The summed E-state index contributed by atoms with van der Waals surface area (Å²) in [6.45, 7) is 2.98. The molecular formula is C10H13Br2NO. The molecule has 0 saturated heterocycles. The Kier molecular flexibility index (Phi) is 4.92. The Balaban J connectivity index is 2.62. The van der Waals surface area contributed by atoms with Crippen molar-refractivity contribution in [2.24, 2.45) is 5.92 Å². The molecule has 0 saturated carbocycles. The lowest BCUT2D eigenvalue weighted by atomic mass is 10.2. The second-order valence-corrected chi connectivity index (χ2v) is 5.06. The van der Waals surface area contributed by atoms with Crippen molar-refractivity contribution in [2.45, 2.75) is 6.92 Å². The van der Waals surface area contributed by atoms with E-state index in [9.17, 15) is 0 Å². The van der Waals surface area contributed by atoms with Gasteiger partial charge in [-0.05, 0) is 40.0 Å².